The second-order valence-corrected chi connectivity index (χ2v) is 14.7. The minimum absolute atomic E-state index is 0.0292. The number of rotatable bonds is 2. The Balaban J connectivity index is 1.55. The van der Waals surface area contributed by atoms with Crippen molar-refractivity contribution in [2.24, 2.45) is 69.5 Å². The summed E-state index contributed by atoms with van der Waals surface area (Å²) in [6, 6.07) is 0. The third-order valence-corrected chi connectivity index (χ3v) is 12.8. The third kappa shape index (κ3) is 3.52. The highest BCUT2D eigenvalue weighted by Crippen LogP contribution is 2.72. The minimum Gasteiger partial charge on any atom is -0.392 e. The second kappa shape index (κ2) is 8.53. The van der Waals surface area contributed by atoms with Crippen molar-refractivity contribution in [1.29, 1.82) is 0 Å². The molecule has 196 valence electrons. The number of allylic oxidation sites excluding steroid dienone is 2. The van der Waals surface area contributed by atoms with E-state index in [2.05, 4.69) is 53.7 Å². The smallest absolute Gasteiger partial charge is 0.140 e. The van der Waals surface area contributed by atoms with Gasteiger partial charge in [0, 0.05) is 23.2 Å². The standard InChI is InChI=1S/C32H50O3/c1-18-13-14-23(22-11-9-8-10-12-22)24-16-30(5)17-31(6)15-19(2)25(21(4)33)29(35)32(31,7)20(3)27(30)28(34)26(18)24/h13-14,18-20,22-27,29,35H,8-12,15-17H2,1-7H3. The molecule has 0 amide bonds. The summed E-state index contributed by atoms with van der Waals surface area (Å²) in [6.45, 7) is 15.3. The van der Waals surface area contributed by atoms with Crippen LogP contribution in [0.15, 0.2) is 12.2 Å². The van der Waals surface area contributed by atoms with Gasteiger partial charge in [0.1, 0.15) is 11.6 Å². The molecule has 0 bridgehead atoms. The maximum atomic E-state index is 14.6. The van der Waals surface area contributed by atoms with Gasteiger partial charge >= 0.3 is 0 Å². The van der Waals surface area contributed by atoms with Crippen LogP contribution in [0.5, 0.6) is 0 Å². The second-order valence-electron chi connectivity index (χ2n) is 14.7. The number of aliphatic hydroxyl groups is 1. The van der Waals surface area contributed by atoms with Crippen molar-refractivity contribution in [3.8, 4) is 0 Å². The molecule has 5 aliphatic carbocycles. The van der Waals surface area contributed by atoms with Gasteiger partial charge in [0.25, 0.3) is 0 Å². The molecular weight excluding hydrogens is 432 g/mol. The molecule has 12 atom stereocenters. The van der Waals surface area contributed by atoms with Crippen LogP contribution in [0.2, 0.25) is 0 Å². The van der Waals surface area contributed by atoms with E-state index in [-0.39, 0.29) is 46.2 Å². The van der Waals surface area contributed by atoms with Gasteiger partial charge in [-0.2, -0.15) is 0 Å². The Hall–Kier alpha value is -0.960. The quantitative estimate of drug-likeness (QED) is 0.437. The monoisotopic (exact) mass is 482 g/mol. The van der Waals surface area contributed by atoms with E-state index in [0.717, 1.165) is 25.2 Å². The molecule has 0 aromatic rings. The summed E-state index contributed by atoms with van der Waals surface area (Å²) in [5.74, 6) is 2.63. The van der Waals surface area contributed by atoms with E-state index in [0.29, 0.717) is 23.5 Å². The van der Waals surface area contributed by atoms with Crippen LogP contribution in [-0.4, -0.2) is 22.8 Å². The molecule has 3 nitrogen and oxygen atoms in total. The largest absolute Gasteiger partial charge is 0.392 e. The number of hydrogen-bond donors (Lipinski definition) is 1. The number of carbonyl (C=O) groups is 2. The Kier molecular flexibility index (Phi) is 6.26. The maximum Gasteiger partial charge on any atom is 0.140 e. The fraction of sp³-hybridized carbons (Fsp3) is 0.875. The summed E-state index contributed by atoms with van der Waals surface area (Å²) in [5.41, 5.74) is -0.544. The van der Waals surface area contributed by atoms with Gasteiger partial charge in [0.15, 0.2) is 0 Å². The predicted molar refractivity (Wildman–Crippen MR) is 141 cm³/mol. The van der Waals surface area contributed by atoms with Crippen molar-refractivity contribution in [3.05, 3.63) is 12.2 Å². The number of hydrogen-bond acceptors (Lipinski definition) is 3. The van der Waals surface area contributed by atoms with E-state index in [1.165, 1.54) is 32.1 Å². The van der Waals surface area contributed by atoms with E-state index < -0.39 is 11.5 Å². The van der Waals surface area contributed by atoms with Crippen molar-refractivity contribution >= 4 is 11.6 Å². The fourth-order valence-corrected chi connectivity index (χ4v) is 11.2. The van der Waals surface area contributed by atoms with Gasteiger partial charge < -0.3 is 5.11 Å². The first kappa shape index (κ1) is 25.7. The van der Waals surface area contributed by atoms with Gasteiger partial charge in [-0.05, 0) is 85.4 Å². The van der Waals surface area contributed by atoms with Crippen LogP contribution in [0.4, 0.5) is 0 Å². The number of fused-ring (bicyclic) bond motifs is 3. The fourth-order valence-electron chi connectivity index (χ4n) is 11.2. The molecule has 0 aromatic carbocycles. The third-order valence-electron chi connectivity index (χ3n) is 12.8. The first-order valence-electron chi connectivity index (χ1n) is 14.8. The average Bonchev–Trinajstić information content (AvgIpc) is 2.76. The lowest BCUT2D eigenvalue weighted by Gasteiger charge is -2.70. The number of ketones is 2. The van der Waals surface area contributed by atoms with E-state index in [9.17, 15) is 14.7 Å². The SMILES string of the molecule is CC(=O)C1C(C)CC2(C)CC3(C)CC4C(C5CCCCC5)C=CC(C)C4C(=O)C3C(C)C2(C)C1O. The van der Waals surface area contributed by atoms with Gasteiger partial charge in [-0.3, -0.25) is 9.59 Å². The lowest BCUT2D eigenvalue weighted by molar-refractivity contribution is -0.239. The van der Waals surface area contributed by atoms with Crippen molar-refractivity contribution in [3.63, 3.8) is 0 Å². The molecule has 1 N–H and O–H groups in total. The zero-order valence-corrected chi connectivity index (χ0v) is 23.3. The van der Waals surface area contributed by atoms with E-state index in [1.807, 2.05) is 0 Å². The highest BCUT2D eigenvalue weighted by atomic mass is 16.3. The zero-order valence-electron chi connectivity index (χ0n) is 23.3. The predicted octanol–water partition coefficient (Wildman–Crippen LogP) is 6.87. The van der Waals surface area contributed by atoms with Gasteiger partial charge in [-0.1, -0.05) is 73.0 Å². The first-order chi connectivity index (χ1) is 16.4. The van der Waals surface area contributed by atoms with Crippen molar-refractivity contribution in [2.45, 2.75) is 106 Å². The first-order valence-corrected chi connectivity index (χ1v) is 14.8. The molecule has 12 unspecified atom stereocenters. The lowest BCUT2D eigenvalue weighted by atomic mass is 9.34. The number of carbonyl (C=O) groups excluding carboxylic acids is 2. The summed E-state index contributed by atoms with van der Waals surface area (Å²) < 4.78 is 0. The van der Waals surface area contributed by atoms with Crippen LogP contribution in [0.3, 0.4) is 0 Å². The van der Waals surface area contributed by atoms with Crippen molar-refractivity contribution < 1.29 is 14.7 Å². The molecule has 0 aliphatic heterocycles. The van der Waals surface area contributed by atoms with Crippen molar-refractivity contribution in [2.75, 3.05) is 0 Å². The molecule has 0 radical (unpaired) electrons. The zero-order chi connectivity index (χ0) is 25.5. The molecule has 0 saturated heterocycles. The molecule has 35 heavy (non-hydrogen) atoms. The van der Waals surface area contributed by atoms with Gasteiger partial charge in [-0.15, -0.1) is 0 Å². The Morgan fingerprint density at radius 3 is 2.29 bits per heavy atom. The van der Waals surface area contributed by atoms with Crippen LogP contribution in [0, 0.1) is 69.5 Å². The minimum atomic E-state index is -0.683. The van der Waals surface area contributed by atoms with Crippen LogP contribution in [0.1, 0.15) is 99.8 Å². The van der Waals surface area contributed by atoms with E-state index in [1.54, 1.807) is 6.92 Å². The topological polar surface area (TPSA) is 54.4 Å². The normalized spacial score (nSPS) is 54.5. The maximum absolute atomic E-state index is 14.6. The Labute approximate surface area is 213 Å². The van der Waals surface area contributed by atoms with Crippen molar-refractivity contribution in [1.82, 2.24) is 0 Å². The van der Waals surface area contributed by atoms with Crippen LogP contribution >= 0.6 is 0 Å². The van der Waals surface area contributed by atoms with Crippen LogP contribution in [-0.2, 0) is 9.59 Å². The van der Waals surface area contributed by atoms with E-state index >= 15 is 0 Å². The molecule has 4 fully saturated rings. The highest BCUT2D eigenvalue weighted by Gasteiger charge is 2.70. The summed E-state index contributed by atoms with van der Waals surface area (Å²) in [4.78, 5) is 27.2. The molecule has 3 heteroatoms. The van der Waals surface area contributed by atoms with Crippen LogP contribution < -0.4 is 0 Å². The number of Topliss-reactive ketones (excluding diaryl/α,β-unsaturated/α-hetero) is 2. The van der Waals surface area contributed by atoms with E-state index in [4.69, 9.17) is 0 Å². The number of aliphatic hydroxyl groups excluding tert-OH is 1. The molecule has 0 aromatic heterocycles. The molecule has 5 rings (SSSR count). The molecular formula is C32H50O3. The Morgan fingerprint density at radius 1 is 1.00 bits per heavy atom. The molecule has 5 aliphatic rings. The summed E-state index contributed by atoms with van der Waals surface area (Å²) in [7, 11) is 0. The van der Waals surface area contributed by atoms with Gasteiger partial charge in [0.2, 0.25) is 0 Å². The summed E-state index contributed by atoms with van der Waals surface area (Å²) >= 11 is 0. The Bertz CT molecular complexity index is 900. The average molecular weight is 483 g/mol. The van der Waals surface area contributed by atoms with Gasteiger partial charge in [-0.25, -0.2) is 0 Å². The molecule has 0 heterocycles. The van der Waals surface area contributed by atoms with Crippen LogP contribution in [0.25, 0.3) is 0 Å². The Morgan fingerprint density at radius 2 is 1.66 bits per heavy atom. The highest BCUT2D eigenvalue weighted by molar-refractivity contribution is 5.87. The summed E-state index contributed by atoms with van der Waals surface area (Å²) in [6.07, 6.45) is 14.0. The summed E-state index contributed by atoms with van der Waals surface area (Å²) in [5, 5.41) is 11.8. The lowest BCUT2D eigenvalue weighted by Crippen LogP contribution is -2.69. The molecule has 4 saturated carbocycles. The molecule has 0 spiro atoms. The van der Waals surface area contributed by atoms with Gasteiger partial charge in [0.05, 0.1) is 6.10 Å².